The van der Waals surface area contributed by atoms with Gasteiger partial charge in [0.2, 0.25) is 5.91 Å². The number of ketones is 1. The smallest absolute Gasteiger partial charge is 0.216 e. The van der Waals surface area contributed by atoms with Gasteiger partial charge in [-0.25, -0.2) is 0 Å². The van der Waals surface area contributed by atoms with E-state index in [0.29, 0.717) is 31.4 Å². The Morgan fingerprint density at radius 3 is 2.76 bits per heavy atom. The maximum Gasteiger partial charge on any atom is 0.216 e. The van der Waals surface area contributed by atoms with Crippen molar-refractivity contribution in [3.05, 3.63) is 34.9 Å². The summed E-state index contributed by atoms with van der Waals surface area (Å²) in [5.41, 5.74) is 2.73. The first-order valence-corrected chi connectivity index (χ1v) is 7.21. The first-order valence-electron chi connectivity index (χ1n) is 7.21. The number of fused-ring (bicyclic) bond motifs is 1. The Hall–Kier alpha value is -1.72. The minimum absolute atomic E-state index is 0.157. The van der Waals surface area contributed by atoms with E-state index in [9.17, 15) is 19.8 Å². The van der Waals surface area contributed by atoms with Gasteiger partial charge in [-0.2, -0.15) is 0 Å². The number of hydrogen-bond acceptors (Lipinski definition) is 4. The van der Waals surface area contributed by atoms with E-state index < -0.39 is 12.2 Å². The molecular weight excluding hydrogens is 270 g/mol. The molecule has 1 aliphatic rings. The summed E-state index contributed by atoms with van der Waals surface area (Å²) in [5, 5.41) is 22.7. The zero-order valence-electron chi connectivity index (χ0n) is 12.1. The van der Waals surface area contributed by atoms with Gasteiger partial charge in [0, 0.05) is 26.3 Å². The number of benzene rings is 1. The van der Waals surface area contributed by atoms with E-state index in [-0.39, 0.29) is 18.1 Å². The molecule has 2 unspecified atom stereocenters. The minimum Gasteiger partial charge on any atom is -0.390 e. The first kappa shape index (κ1) is 15.7. The molecule has 0 spiro atoms. The third kappa shape index (κ3) is 4.12. The van der Waals surface area contributed by atoms with Crippen LogP contribution < -0.4 is 5.32 Å². The molecule has 0 aromatic heterocycles. The van der Waals surface area contributed by atoms with Gasteiger partial charge in [0.1, 0.15) is 11.9 Å². The molecule has 1 aromatic rings. The molecule has 3 N–H and O–H groups in total. The predicted octanol–water partition coefficient (Wildman–Crippen LogP) is 0.665. The monoisotopic (exact) mass is 291 g/mol. The highest BCUT2D eigenvalue weighted by Gasteiger charge is 2.21. The van der Waals surface area contributed by atoms with Crippen LogP contribution in [0.1, 0.15) is 42.6 Å². The molecule has 0 saturated heterocycles. The topological polar surface area (TPSA) is 86.6 Å². The van der Waals surface area contributed by atoms with Crippen LogP contribution in [0.15, 0.2) is 18.2 Å². The number of hydrogen-bond donors (Lipinski definition) is 3. The molecule has 21 heavy (non-hydrogen) atoms. The number of Topliss-reactive ketones (excluding diaryl/α,β-unsaturated/α-hetero) is 1. The molecule has 0 aliphatic heterocycles. The molecular formula is C16H21NO4. The van der Waals surface area contributed by atoms with Crippen LogP contribution in [0.4, 0.5) is 0 Å². The number of rotatable bonds is 5. The van der Waals surface area contributed by atoms with Crippen molar-refractivity contribution in [2.45, 2.75) is 44.8 Å². The Labute approximate surface area is 124 Å². The highest BCUT2D eigenvalue weighted by atomic mass is 16.3. The highest BCUT2D eigenvalue weighted by Crippen LogP contribution is 2.25. The van der Waals surface area contributed by atoms with Gasteiger partial charge in [0.15, 0.2) is 0 Å². The highest BCUT2D eigenvalue weighted by molar-refractivity contribution is 5.83. The average molecular weight is 291 g/mol. The van der Waals surface area contributed by atoms with Crippen molar-refractivity contribution in [3.8, 4) is 0 Å². The normalized spacial score (nSPS) is 17.0. The van der Waals surface area contributed by atoms with Gasteiger partial charge in [-0.05, 0) is 29.5 Å². The summed E-state index contributed by atoms with van der Waals surface area (Å²) in [6, 6.07) is 5.48. The number of nitrogens with one attached hydrogen (secondary N) is 1. The zero-order valence-corrected chi connectivity index (χ0v) is 12.1. The van der Waals surface area contributed by atoms with Gasteiger partial charge in [-0.1, -0.05) is 18.2 Å². The van der Waals surface area contributed by atoms with Crippen LogP contribution in [0.2, 0.25) is 0 Å². The van der Waals surface area contributed by atoms with E-state index in [0.717, 1.165) is 11.1 Å². The van der Waals surface area contributed by atoms with Crippen molar-refractivity contribution >= 4 is 11.7 Å². The molecule has 5 heteroatoms. The zero-order chi connectivity index (χ0) is 15.4. The van der Waals surface area contributed by atoms with Crippen molar-refractivity contribution < 1.29 is 19.8 Å². The van der Waals surface area contributed by atoms with Crippen molar-refractivity contribution in [3.63, 3.8) is 0 Å². The molecule has 2 rings (SSSR count). The SMILES string of the molecule is CC(=O)NCCC(O)C(O)c1ccc2c(c1)CCC(=O)C2. The number of aliphatic hydroxyl groups excluding tert-OH is 2. The van der Waals surface area contributed by atoms with Gasteiger partial charge in [0.05, 0.1) is 6.10 Å². The first-order chi connectivity index (χ1) is 9.97. The van der Waals surface area contributed by atoms with E-state index in [4.69, 9.17) is 0 Å². The van der Waals surface area contributed by atoms with E-state index in [1.807, 2.05) is 12.1 Å². The number of aryl methyl sites for hydroxylation is 1. The van der Waals surface area contributed by atoms with Crippen LogP contribution in [0.25, 0.3) is 0 Å². The lowest BCUT2D eigenvalue weighted by molar-refractivity contribution is -0.119. The number of aliphatic hydroxyl groups is 2. The van der Waals surface area contributed by atoms with Gasteiger partial charge in [0.25, 0.3) is 0 Å². The van der Waals surface area contributed by atoms with E-state index in [1.165, 1.54) is 6.92 Å². The summed E-state index contributed by atoms with van der Waals surface area (Å²) in [6.45, 7) is 1.74. The lowest BCUT2D eigenvalue weighted by Crippen LogP contribution is -2.27. The fourth-order valence-electron chi connectivity index (χ4n) is 2.59. The standard InChI is InChI=1S/C16H21NO4/c1-10(18)17-7-6-15(20)16(21)13-3-2-12-9-14(19)5-4-11(12)8-13/h2-3,8,15-16,20-21H,4-7,9H2,1H3,(H,17,18). The van der Waals surface area contributed by atoms with Crippen LogP contribution in [0.5, 0.6) is 0 Å². The summed E-state index contributed by atoms with van der Waals surface area (Å²) < 4.78 is 0. The number of amides is 1. The maximum absolute atomic E-state index is 11.4. The van der Waals surface area contributed by atoms with Gasteiger partial charge in [-0.3, -0.25) is 9.59 Å². The molecule has 5 nitrogen and oxygen atoms in total. The second kappa shape index (κ2) is 6.83. The van der Waals surface area contributed by atoms with Gasteiger partial charge in [-0.15, -0.1) is 0 Å². The summed E-state index contributed by atoms with van der Waals surface area (Å²) >= 11 is 0. The number of carbonyl (C=O) groups excluding carboxylic acids is 2. The van der Waals surface area contributed by atoms with Crippen LogP contribution in [0.3, 0.4) is 0 Å². The van der Waals surface area contributed by atoms with Crippen LogP contribution in [0, 0.1) is 0 Å². The fraction of sp³-hybridized carbons (Fsp3) is 0.500. The van der Waals surface area contributed by atoms with Crippen molar-refractivity contribution in [1.82, 2.24) is 5.32 Å². The largest absolute Gasteiger partial charge is 0.390 e. The Bertz CT molecular complexity index is 541. The predicted molar refractivity (Wildman–Crippen MR) is 77.7 cm³/mol. The number of carbonyl (C=O) groups is 2. The molecule has 1 amide bonds. The second-order valence-electron chi connectivity index (χ2n) is 5.53. The third-order valence-corrected chi connectivity index (χ3v) is 3.81. The summed E-state index contributed by atoms with van der Waals surface area (Å²) in [7, 11) is 0. The van der Waals surface area contributed by atoms with E-state index >= 15 is 0 Å². The third-order valence-electron chi connectivity index (χ3n) is 3.81. The quantitative estimate of drug-likeness (QED) is 0.744. The van der Waals surface area contributed by atoms with Gasteiger partial charge >= 0.3 is 0 Å². The van der Waals surface area contributed by atoms with Crippen molar-refractivity contribution in [2.24, 2.45) is 0 Å². The minimum atomic E-state index is -0.985. The van der Waals surface area contributed by atoms with Crippen molar-refractivity contribution in [2.75, 3.05) is 6.54 Å². The summed E-state index contributed by atoms with van der Waals surface area (Å²) in [6.07, 6.45) is 0.0587. The van der Waals surface area contributed by atoms with Crippen LogP contribution in [-0.2, 0) is 22.4 Å². The van der Waals surface area contributed by atoms with Crippen LogP contribution >= 0.6 is 0 Å². The molecule has 0 heterocycles. The van der Waals surface area contributed by atoms with Crippen molar-refractivity contribution in [1.29, 1.82) is 0 Å². The van der Waals surface area contributed by atoms with Gasteiger partial charge < -0.3 is 15.5 Å². The Morgan fingerprint density at radius 1 is 1.29 bits per heavy atom. The lowest BCUT2D eigenvalue weighted by Gasteiger charge is -2.21. The molecule has 2 atom stereocenters. The van der Waals surface area contributed by atoms with E-state index in [1.54, 1.807) is 6.07 Å². The fourth-order valence-corrected chi connectivity index (χ4v) is 2.59. The summed E-state index contributed by atoms with van der Waals surface area (Å²) in [4.78, 5) is 22.2. The molecule has 0 radical (unpaired) electrons. The summed E-state index contributed by atoms with van der Waals surface area (Å²) in [5.74, 6) is 0.0845. The molecule has 0 fully saturated rings. The molecule has 0 bridgehead atoms. The Kier molecular flexibility index (Phi) is 5.09. The molecule has 1 aromatic carbocycles. The van der Waals surface area contributed by atoms with E-state index in [2.05, 4.69) is 5.32 Å². The second-order valence-corrected chi connectivity index (χ2v) is 5.53. The maximum atomic E-state index is 11.4. The molecule has 1 aliphatic carbocycles. The Balaban J connectivity index is 2.00. The van der Waals surface area contributed by atoms with Crippen LogP contribution in [-0.4, -0.2) is 34.6 Å². The molecule has 0 saturated carbocycles. The molecule has 114 valence electrons. The Morgan fingerprint density at radius 2 is 2.05 bits per heavy atom. The lowest BCUT2D eigenvalue weighted by atomic mass is 9.88. The average Bonchev–Trinajstić information content (AvgIpc) is 2.45.